The maximum Gasteiger partial charge on any atom is 0.270 e. The number of anilines is 1. The van der Waals surface area contributed by atoms with E-state index in [-0.39, 0.29) is 5.91 Å². The fourth-order valence-electron chi connectivity index (χ4n) is 2.69. The Morgan fingerprint density at radius 3 is 2.56 bits per heavy atom. The number of furan rings is 1. The summed E-state index contributed by atoms with van der Waals surface area (Å²) in [7, 11) is 0. The Morgan fingerprint density at radius 1 is 1.04 bits per heavy atom. The van der Waals surface area contributed by atoms with Gasteiger partial charge in [0.1, 0.15) is 5.76 Å². The first kappa shape index (κ1) is 18.1. The summed E-state index contributed by atoms with van der Waals surface area (Å²) in [6, 6.07) is 21.5. The van der Waals surface area contributed by atoms with Crippen molar-refractivity contribution in [3.05, 3.63) is 83.0 Å². The van der Waals surface area contributed by atoms with E-state index in [4.69, 9.17) is 16.6 Å². The summed E-state index contributed by atoms with van der Waals surface area (Å²) >= 11 is 8.28. The molecule has 0 aliphatic carbocycles. The average Bonchev–Trinajstić information content (AvgIpc) is 3.21. The number of carbonyl (C=O) groups is 1. The molecule has 0 atom stereocenters. The third-order valence-corrected chi connectivity index (χ3v) is 6.22. The average molecular weight is 410 g/mol. The Morgan fingerprint density at radius 2 is 1.78 bits per heavy atom. The van der Waals surface area contributed by atoms with Crippen molar-refractivity contribution in [1.29, 1.82) is 0 Å². The van der Waals surface area contributed by atoms with Gasteiger partial charge in [0.15, 0.2) is 9.41 Å². The fraction of sp³-hybridized carbons (Fsp3) is 0.0476. The highest BCUT2D eigenvalue weighted by atomic mass is 32.2. The molecule has 0 bridgehead atoms. The van der Waals surface area contributed by atoms with Gasteiger partial charge in [-0.3, -0.25) is 9.69 Å². The van der Waals surface area contributed by atoms with E-state index in [0.29, 0.717) is 15.0 Å². The summed E-state index contributed by atoms with van der Waals surface area (Å²) in [5.74, 6) is 0.520. The van der Waals surface area contributed by atoms with Crippen LogP contribution in [0.5, 0.6) is 0 Å². The van der Waals surface area contributed by atoms with Crippen molar-refractivity contribution >= 4 is 57.7 Å². The molecule has 134 valence electrons. The van der Waals surface area contributed by atoms with Gasteiger partial charge in [-0.2, -0.15) is 0 Å². The topological polar surface area (TPSA) is 33.5 Å². The van der Waals surface area contributed by atoms with Gasteiger partial charge < -0.3 is 4.42 Å². The first-order valence-electron chi connectivity index (χ1n) is 8.28. The van der Waals surface area contributed by atoms with Crippen LogP contribution in [0.15, 0.2) is 86.0 Å². The van der Waals surface area contributed by atoms with E-state index in [1.54, 1.807) is 22.7 Å². The molecule has 3 aromatic rings. The monoisotopic (exact) mass is 409 g/mol. The molecular formula is C21H15NO2S3. The lowest BCUT2D eigenvalue weighted by molar-refractivity contribution is -0.113. The minimum Gasteiger partial charge on any atom is -0.450 e. The van der Waals surface area contributed by atoms with Gasteiger partial charge in [0.05, 0.1) is 10.6 Å². The number of amides is 1. The SMILES string of the molecule is Cc1ccccc1N1C(=O)C(=Cc2ccc(Sc3ccccc3)o2)SC1=S. The van der Waals surface area contributed by atoms with Crippen molar-refractivity contribution < 1.29 is 9.21 Å². The van der Waals surface area contributed by atoms with Crippen LogP contribution in [0.25, 0.3) is 6.08 Å². The molecule has 0 unspecified atom stereocenters. The Hall–Kier alpha value is -2.28. The van der Waals surface area contributed by atoms with Crippen molar-refractivity contribution in [2.24, 2.45) is 0 Å². The summed E-state index contributed by atoms with van der Waals surface area (Å²) in [5, 5.41) is 0.779. The second-order valence-electron chi connectivity index (χ2n) is 5.88. The van der Waals surface area contributed by atoms with Crippen molar-refractivity contribution in [1.82, 2.24) is 0 Å². The highest BCUT2D eigenvalue weighted by molar-refractivity contribution is 8.27. The van der Waals surface area contributed by atoms with Crippen molar-refractivity contribution in [3.63, 3.8) is 0 Å². The molecule has 4 rings (SSSR count). The molecule has 27 heavy (non-hydrogen) atoms. The van der Waals surface area contributed by atoms with Gasteiger partial charge in [0.25, 0.3) is 5.91 Å². The number of aryl methyl sites for hydroxylation is 1. The molecule has 6 heteroatoms. The number of thiocarbonyl (C=S) groups is 1. The predicted molar refractivity (Wildman–Crippen MR) is 116 cm³/mol. The van der Waals surface area contributed by atoms with E-state index in [9.17, 15) is 4.79 Å². The van der Waals surface area contributed by atoms with Gasteiger partial charge in [0, 0.05) is 11.0 Å². The molecule has 0 saturated carbocycles. The van der Waals surface area contributed by atoms with E-state index >= 15 is 0 Å². The van der Waals surface area contributed by atoms with Gasteiger partial charge in [0.2, 0.25) is 0 Å². The number of para-hydroxylation sites is 1. The quantitative estimate of drug-likeness (QED) is 0.381. The molecule has 0 radical (unpaired) electrons. The fourth-order valence-corrected chi connectivity index (χ4v) is 4.75. The molecule has 0 spiro atoms. The van der Waals surface area contributed by atoms with Gasteiger partial charge >= 0.3 is 0 Å². The number of benzene rings is 2. The van der Waals surface area contributed by atoms with Crippen molar-refractivity contribution in [2.75, 3.05) is 4.90 Å². The number of hydrogen-bond acceptors (Lipinski definition) is 5. The van der Waals surface area contributed by atoms with E-state index in [0.717, 1.165) is 21.2 Å². The zero-order valence-corrected chi connectivity index (χ0v) is 16.9. The molecule has 1 saturated heterocycles. The molecule has 3 nitrogen and oxygen atoms in total. The summed E-state index contributed by atoms with van der Waals surface area (Å²) in [4.78, 5) is 16.1. The molecule has 2 heterocycles. The Bertz CT molecular complexity index is 1040. The molecule has 1 aliphatic rings. The lowest BCUT2D eigenvalue weighted by Gasteiger charge is -2.16. The lowest BCUT2D eigenvalue weighted by Crippen LogP contribution is -2.28. The third kappa shape index (κ3) is 3.88. The Labute approximate surface area is 171 Å². The molecular weight excluding hydrogens is 394 g/mol. The van der Waals surface area contributed by atoms with E-state index < -0.39 is 0 Å². The van der Waals surface area contributed by atoms with E-state index in [1.807, 2.05) is 73.7 Å². The van der Waals surface area contributed by atoms with Crippen LogP contribution in [-0.4, -0.2) is 10.2 Å². The largest absolute Gasteiger partial charge is 0.450 e. The number of hydrogen-bond donors (Lipinski definition) is 0. The molecule has 2 aromatic carbocycles. The van der Waals surface area contributed by atoms with Gasteiger partial charge in [-0.25, -0.2) is 0 Å². The van der Waals surface area contributed by atoms with Crippen molar-refractivity contribution in [2.45, 2.75) is 16.9 Å². The predicted octanol–water partition coefficient (Wildman–Crippen LogP) is 6.15. The Kier molecular flexibility index (Phi) is 5.20. The number of nitrogens with zero attached hydrogens (tertiary/aromatic N) is 1. The van der Waals surface area contributed by atoms with Crippen LogP contribution in [0.2, 0.25) is 0 Å². The first-order valence-corrected chi connectivity index (χ1v) is 10.3. The molecule has 0 N–H and O–H groups in total. The summed E-state index contributed by atoms with van der Waals surface area (Å²) < 4.78 is 6.39. The number of thioether (sulfide) groups is 1. The number of carbonyl (C=O) groups excluding carboxylic acids is 1. The van der Waals surface area contributed by atoms with Crippen LogP contribution in [0.1, 0.15) is 11.3 Å². The van der Waals surface area contributed by atoms with E-state index in [2.05, 4.69) is 0 Å². The van der Waals surface area contributed by atoms with Gasteiger partial charge in [-0.15, -0.1) is 0 Å². The normalized spacial score (nSPS) is 15.7. The summed E-state index contributed by atoms with van der Waals surface area (Å²) in [6.07, 6.45) is 1.76. The zero-order valence-electron chi connectivity index (χ0n) is 14.4. The van der Waals surface area contributed by atoms with Crippen LogP contribution < -0.4 is 4.90 Å². The third-order valence-electron chi connectivity index (χ3n) is 3.99. The van der Waals surface area contributed by atoms with Crippen LogP contribution in [0, 0.1) is 6.92 Å². The minimum absolute atomic E-state index is 0.118. The Balaban J connectivity index is 1.56. The number of rotatable bonds is 4. The maximum atomic E-state index is 12.9. The molecule has 1 amide bonds. The highest BCUT2D eigenvalue weighted by Gasteiger charge is 2.34. The second-order valence-corrected chi connectivity index (χ2v) is 8.63. The van der Waals surface area contributed by atoms with Crippen LogP contribution >= 0.6 is 35.7 Å². The second kappa shape index (κ2) is 7.76. The van der Waals surface area contributed by atoms with E-state index in [1.165, 1.54) is 11.8 Å². The smallest absolute Gasteiger partial charge is 0.270 e. The maximum absolute atomic E-state index is 12.9. The zero-order chi connectivity index (χ0) is 18.8. The molecule has 1 aromatic heterocycles. The minimum atomic E-state index is -0.118. The standard InChI is InChI=1S/C21H15NO2S3/c1-14-7-5-6-10-17(14)22-20(23)18(27-21(22)25)13-15-11-12-19(24-15)26-16-8-3-2-4-9-16/h2-13H,1H3. The van der Waals surface area contributed by atoms with Crippen LogP contribution in [0.3, 0.4) is 0 Å². The van der Waals surface area contributed by atoms with Crippen LogP contribution in [0.4, 0.5) is 5.69 Å². The van der Waals surface area contributed by atoms with Crippen molar-refractivity contribution in [3.8, 4) is 0 Å². The molecule has 1 fully saturated rings. The van der Waals surface area contributed by atoms with Gasteiger partial charge in [-0.1, -0.05) is 72.1 Å². The highest BCUT2D eigenvalue weighted by Crippen LogP contribution is 2.38. The first-order chi connectivity index (χ1) is 13.1. The molecule has 1 aliphatic heterocycles. The lowest BCUT2D eigenvalue weighted by atomic mass is 10.2. The summed E-state index contributed by atoms with van der Waals surface area (Å²) in [6.45, 7) is 1.97. The van der Waals surface area contributed by atoms with Gasteiger partial charge in [-0.05, 0) is 42.8 Å². The summed E-state index contributed by atoms with van der Waals surface area (Å²) in [5.41, 5.74) is 1.83. The van der Waals surface area contributed by atoms with Crippen LogP contribution in [-0.2, 0) is 4.79 Å².